The van der Waals surface area contributed by atoms with E-state index in [4.69, 9.17) is 4.74 Å². The van der Waals surface area contributed by atoms with Gasteiger partial charge in [-0.1, -0.05) is 19.8 Å². The number of nitrogens with one attached hydrogen (secondary N) is 1. The van der Waals surface area contributed by atoms with E-state index in [-0.39, 0.29) is 0 Å². The Balaban J connectivity index is 2.48. The molecule has 0 aliphatic rings. The number of aromatic nitrogens is 1. The lowest BCUT2D eigenvalue weighted by molar-refractivity contribution is 0.398. The summed E-state index contributed by atoms with van der Waals surface area (Å²) in [4.78, 5) is 4.07. The Morgan fingerprint density at radius 2 is 2.33 bits per heavy atom. The minimum Gasteiger partial charge on any atom is -0.481 e. The van der Waals surface area contributed by atoms with Gasteiger partial charge in [0.15, 0.2) is 0 Å². The maximum absolute atomic E-state index is 5.07. The van der Waals surface area contributed by atoms with Gasteiger partial charge in [0.25, 0.3) is 0 Å². The van der Waals surface area contributed by atoms with Crippen LogP contribution in [0.3, 0.4) is 0 Å². The molecule has 1 N–H and O–H groups in total. The zero-order valence-electron chi connectivity index (χ0n) is 9.79. The highest BCUT2D eigenvalue weighted by Crippen LogP contribution is 2.15. The molecule has 0 aliphatic heterocycles. The van der Waals surface area contributed by atoms with Crippen LogP contribution in [0.15, 0.2) is 18.3 Å². The number of unbranched alkanes of at least 4 members (excludes halogenated alkanes) is 1. The molecule has 1 aromatic heterocycles. The largest absolute Gasteiger partial charge is 0.481 e. The van der Waals surface area contributed by atoms with Gasteiger partial charge < -0.3 is 10.1 Å². The number of ether oxygens (including phenoxy) is 1. The molecule has 1 atom stereocenters. The third-order valence-corrected chi connectivity index (χ3v) is 2.35. The molecule has 1 rings (SSSR count). The Morgan fingerprint density at radius 3 is 3.00 bits per heavy atom. The fraction of sp³-hybridized carbons (Fsp3) is 0.583. The second-order valence-corrected chi connectivity index (χ2v) is 3.77. The predicted molar refractivity (Wildman–Crippen MR) is 63.4 cm³/mol. The van der Waals surface area contributed by atoms with E-state index in [0.29, 0.717) is 11.9 Å². The van der Waals surface area contributed by atoms with Crippen molar-refractivity contribution in [2.24, 2.45) is 0 Å². The molecule has 1 heterocycles. The minimum absolute atomic E-state index is 0.497. The van der Waals surface area contributed by atoms with Crippen LogP contribution < -0.4 is 10.1 Å². The van der Waals surface area contributed by atoms with Gasteiger partial charge in [-0.15, -0.1) is 0 Å². The average Bonchev–Trinajstić information content (AvgIpc) is 2.26. The molecule has 15 heavy (non-hydrogen) atoms. The van der Waals surface area contributed by atoms with Gasteiger partial charge in [0.1, 0.15) is 0 Å². The lowest BCUT2D eigenvalue weighted by Gasteiger charge is -2.14. The van der Waals surface area contributed by atoms with Gasteiger partial charge in [-0.05, 0) is 19.4 Å². The Labute approximate surface area is 91.9 Å². The van der Waals surface area contributed by atoms with Gasteiger partial charge in [0.05, 0.1) is 7.11 Å². The fourth-order valence-electron chi connectivity index (χ4n) is 1.48. The molecule has 84 valence electrons. The van der Waals surface area contributed by atoms with E-state index in [1.165, 1.54) is 19.3 Å². The number of anilines is 1. The van der Waals surface area contributed by atoms with Crippen LogP contribution in [0.4, 0.5) is 5.69 Å². The van der Waals surface area contributed by atoms with Crippen molar-refractivity contribution in [3.8, 4) is 5.88 Å². The summed E-state index contributed by atoms with van der Waals surface area (Å²) in [5, 5.41) is 3.43. The van der Waals surface area contributed by atoms with Crippen LogP contribution in [0.25, 0.3) is 0 Å². The van der Waals surface area contributed by atoms with Crippen LogP contribution >= 0.6 is 0 Å². The number of nitrogens with zero attached hydrogens (tertiary/aromatic N) is 1. The van der Waals surface area contributed by atoms with E-state index in [2.05, 4.69) is 24.1 Å². The first-order chi connectivity index (χ1) is 7.26. The standard InChI is InChI=1S/C12H20N2O/c1-4-5-6-10(2)14-11-7-8-13-12(9-11)15-3/h7-10H,4-6H2,1-3H3,(H,13,14). The second kappa shape index (κ2) is 6.27. The summed E-state index contributed by atoms with van der Waals surface area (Å²) in [5.74, 6) is 0.655. The fourth-order valence-corrected chi connectivity index (χ4v) is 1.48. The smallest absolute Gasteiger partial charge is 0.214 e. The predicted octanol–water partition coefficient (Wildman–Crippen LogP) is 3.08. The summed E-state index contributed by atoms with van der Waals surface area (Å²) in [7, 11) is 1.63. The number of hydrogen-bond acceptors (Lipinski definition) is 3. The molecule has 1 aromatic rings. The van der Waals surface area contributed by atoms with Crippen molar-refractivity contribution in [3.05, 3.63) is 18.3 Å². The van der Waals surface area contributed by atoms with Crippen LogP contribution in [0.5, 0.6) is 5.88 Å². The van der Waals surface area contributed by atoms with Crippen molar-refractivity contribution in [2.75, 3.05) is 12.4 Å². The van der Waals surface area contributed by atoms with Crippen LogP contribution in [0.1, 0.15) is 33.1 Å². The summed E-state index contributed by atoms with van der Waals surface area (Å²) >= 11 is 0. The van der Waals surface area contributed by atoms with Crippen molar-refractivity contribution < 1.29 is 4.74 Å². The highest BCUT2D eigenvalue weighted by molar-refractivity contribution is 5.45. The molecule has 0 bridgehead atoms. The molecule has 3 nitrogen and oxygen atoms in total. The number of hydrogen-bond donors (Lipinski definition) is 1. The van der Waals surface area contributed by atoms with Gasteiger partial charge in [-0.25, -0.2) is 4.98 Å². The van der Waals surface area contributed by atoms with E-state index < -0.39 is 0 Å². The van der Waals surface area contributed by atoms with Crippen molar-refractivity contribution in [1.29, 1.82) is 0 Å². The average molecular weight is 208 g/mol. The first-order valence-electron chi connectivity index (χ1n) is 5.52. The Morgan fingerprint density at radius 1 is 1.53 bits per heavy atom. The van der Waals surface area contributed by atoms with E-state index in [1.54, 1.807) is 13.3 Å². The summed E-state index contributed by atoms with van der Waals surface area (Å²) < 4.78 is 5.07. The molecular formula is C12H20N2O. The molecule has 0 radical (unpaired) electrons. The summed E-state index contributed by atoms with van der Waals surface area (Å²) in [6.45, 7) is 4.41. The zero-order valence-corrected chi connectivity index (χ0v) is 9.79. The molecule has 3 heteroatoms. The summed E-state index contributed by atoms with van der Waals surface area (Å²) in [6, 6.07) is 4.38. The highest BCUT2D eigenvalue weighted by atomic mass is 16.5. The van der Waals surface area contributed by atoms with Crippen molar-refractivity contribution >= 4 is 5.69 Å². The summed E-state index contributed by atoms with van der Waals surface area (Å²) in [5.41, 5.74) is 1.07. The third-order valence-electron chi connectivity index (χ3n) is 2.35. The van der Waals surface area contributed by atoms with Crippen LogP contribution in [-0.2, 0) is 0 Å². The minimum atomic E-state index is 0.497. The normalized spacial score (nSPS) is 12.2. The number of methoxy groups -OCH3 is 1. The molecule has 0 fully saturated rings. The van der Waals surface area contributed by atoms with Crippen LogP contribution in [0, 0.1) is 0 Å². The topological polar surface area (TPSA) is 34.2 Å². The lowest BCUT2D eigenvalue weighted by atomic mass is 10.1. The molecule has 1 unspecified atom stereocenters. The summed E-state index contributed by atoms with van der Waals surface area (Å²) in [6.07, 6.45) is 5.46. The molecule has 0 saturated heterocycles. The van der Waals surface area contributed by atoms with Gasteiger partial charge >= 0.3 is 0 Å². The molecular weight excluding hydrogens is 188 g/mol. The third kappa shape index (κ3) is 4.19. The van der Waals surface area contributed by atoms with E-state index in [1.807, 2.05) is 12.1 Å². The first kappa shape index (κ1) is 11.8. The monoisotopic (exact) mass is 208 g/mol. The van der Waals surface area contributed by atoms with Gasteiger partial charge in [0.2, 0.25) is 5.88 Å². The van der Waals surface area contributed by atoms with Crippen molar-refractivity contribution in [1.82, 2.24) is 4.98 Å². The second-order valence-electron chi connectivity index (χ2n) is 3.77. The van der Waals surface area contributed by atoms with Crippen LogP contribution in [-0.4, -0.2) is 18.1 Å². The van der Waals surface area contributed by atoms with E-state index in [9.17, 15) is 0 Å². The molecule has 0 saturated carbocycles. The van der Waals surface area contributed by atoms with Crippen molar-refractivity contribution in [2.45, 2.75) is 39.2 Å². The van der Waals surface area contributed by atoms with E-state index >= 15 is 0 Å². The lowest BCUT2D eigenvalue weighted by Crippen LogP contribution is -2.14. The maximum atomic E-state index is 5.07. The van der Waals surface area contributed by atoms with E-state index in [0.717, 1.165) is 5.69 Å². The Bertz CT molecular complexity index is 289. The molecule has 0 aromatic carbocycles. The van der Waals surface area contributed by atoms with Crippen molar-refractivity contribution in [3.63, 3.8) is 0 Å². The highest BCUT2D eigenvalue weighted by Gasteiger charge is 2.02. The first-order valence-corrected chi connectivity index (χ1v) is 5.52. The number of rotatable bonds is 6. The molecule has 0 amide bonds. The molecule has 0 aliphatic carbocycles. The zero-order chi connectivity index (χ0) is 11.1. The van der Waals surface area contributed by atoms with Crippen LogP contribution in [0.2, 0.25) is 0 Å². The van der Waals surface area contributed by atoms with Gasteiger partial charge in [-0.3, -0.25) is 0 Å². The van der Waals surface area contributed by atoms with Gasteiger partial charge in [0, 0.05) is 24.0 Å². The Hall–Kier alpha value is -1.25. The Kier molecular flexibility index (Phi) is 4.95. The maximum Gasteiger partial charge on any atom is 0.214 e. The quantitative estimate of drug-likeness (QED) is 0.780. The van der Waals surface area contributed by atoms with Gasteiger partial charge in [-0.2, -0.15) is 0 Å². The SMILES string of the molecule is CCCCC(C)Nc1ccnc(OC)c1. The molecule has 0 spiro atoms. The number of pyridine rings is 1.